The van der Waals surface area contributed by atoms with Gasteiger partial charge in [0.25, 0.3) is 0 Å². The number of nitriles is 1. The Hall–Kier alpha value is -2.09. The monoisotopic (exact) mass is 247 g/mol. The van der Waals surface area contributed by atoms with E-state index in [1.807, 2.05) is 6.92 Å². The number of aryl methyl sites for hydroxylation is 1. The number of nitrogens with zero attached hydrogens (tertiary/aromatic N) is 2. The predicted octanol–water partition coefficient (Wildman–Crippen LogP) is 2.17. The Balaban J connectivity index is 2.47. The molecule has 0 fully saturated rings. The molecule has 0 bridgehead atoms. The van der Waals surface area contributed by atoms with Crippen LogP contribution >= 0.6 is 0 Å². The van der Waals surface area contributed by atoms with Crippen LogP contribution in [-0.4, -0.2) is 22.6 Å². The largest absolute Gasteiger partial charge is 0.481 e. The van der Waals surface area contributed by atoms with Crippen LogP contribution in [0.1, 0.15) is 31.0 Å². The van der Waals surface area contributed by atoms with E-state index in [0.717, 1.165) is 12.1 Å². The first-order valence-corrected chi connectivity index (χ1v) is 5.89. The van der Waals surface area contributed by atoms with Crippen molar-refractivity contribution in [2.45, 2.75) is 26.7 Å². The van der Waals surface area contributed by atoms with E-state index >= 15 is 0 Å². The van der Waals surface area contributed by atoms with Gasteiger partial charge in [0, 0.05) is 12.2 Å². The standard InChI is InChI=1S/C13H17N3O2/c1-9(13(17)18)4-3-7-15-12-11(8-14)6-5-10(2)16-12/h5-6,9H,3-4,7H2,1-2H3,(H,15,16)(H,17,18). The van der Waals surface area contributed by atoms with Crippen LogP contribution in [0.2, 0.25) is 0 Å². The quantitative estimate of drug-likeness (QED) is 0.752. The van der Waals surface area contributed by atoms with Crippen LogP contribution in [0.4, 0.5) is 5.82 Å². The molecule has 1 rings (SSSR count). The van der Waals surface area contributed by atoms with Gasteiger partial charge in [-0.3, -0.25) is 4.79 Å². The summed E-state index contributed by atoms with van der Waals surface area (Å²) in [5.74, 6) is -0.547. The van der Waals surface area contributed by atoms with E-state index in [9.17, 15) is 4.79 Å². The molecule has 1 aromatic heterocycles. The minimum atomic E-state index is -0.776. The first-order chi connectivity index (χ1) is 8.54. The molecule has 0 aliphatic rings. The highest BCUT2D eigenvalue weighted by Crippen LogP contribution is 2.13. The maximum absolute atomic E-state index is 10.6. The minimum Gasteiger partial charge on any atom is -0.481 e. The number of hydrogen-bond acceptors (Lipinski definition) is 4. The van der Waals surface area contributed by atoms with E-state index in [4.69, 9.17) is 10.4 Å². The molecule has 0 aliphatic carbocycles. The smallest absolute Gasteiger partial charge is 0.306 e. The summed E-state index contributed by atoms with van der Waals surface area (Å²) in [7, 11) is 0. The number of anilines is 1. The van der Waals surface area contributed by atoms with Gasteiger partial charge < -0.3 is 10.4 Å². The van der Waals surface area contributed by atoms with E-state index < -0.39 is 5.97 Å². The third-order valence-electron chi connectivity index (χ3n) is 2.68. The van der Waals surface area contributed by atoms with Crippen LogP contribution in [0.5, 0.6) is 0 Å². The Bertz CT molecular complexity index is 466. The zero-order valence-corrected chi connectivity index (χ0v) is 10.6. The molecule has 0 aliphatic heterocycles. The molecule has 1 heterocycles. The van der Waals surface area contributed by atoms with Gasteiger partial charge in [0.1, 0.15) is 11.9 Å². The van der Waals surface area contributed by atoms with Crippen LogP contribution in [0, 0.1) is 24.2 Å². The summed E-state index contributed by atoms with van der Waals surface area (Å²) in [4.78, 5) is 14.9. The summed E-state index contributed by atoms with van der Waals surface area (Å²) in [5.41, 5.74) is 1.35. The molecule has 0 amide bonds. The van der Waals surface area contributed by atoms with Gasteiger partial charge in [-0.05, 0) is 31.9 Å². The zero-order chi connectivity index (χ0) is 13.5. The average Bonchev–Trinajstić information content (AvgIpc) is 2.34. The summed E-state index contributed by atoms with van der Waals surface area (Å²) in [5, 5.41) is 20.7. The van der Waals surface area contributed by atoms with E-state index in [1.165, 1.54) is 0 Å². The van der Waals surface area contributed by atoms with Gasteiger partial charge in [0.05, 0.1) is 11.5 Å². The summed E-state index contributed by atoms with van der Waals surface area (Å²) < 4.78 is 0. The number of aliphatic carboxylic acids is 1. The van der Waals surface area contributed by atoms with Gasteiger partial charge in [-0.2, -0.15) is 5.26 Å². The summed E-state index contributed by atoms with van der Waals surface area (Å²) in [6.07, 6.45) is 1.34. The number of aromatic nitrogens is 1. The lowest BCUT2D eigenvalue weighted by atomic mass is 10.1. The van der Waals surface area contributed by atoms with E-state index in [2.05, 4.69) is 16.4 Å². The molecule has 1 unspecified atom stereocenters. The molecule has 0 saturated heterocycles. The van der Waals surface area contributed by atoms with Crippen molar-refractivity contribution in [3.05, 3.63) is 23.4 Å². The molecule has 2 N–H and O–H groups in total. The lowest BCUT2D eigenvalue weighted by Crippen LogP contribution is -2.12. The summed E-state index contributed by atoms with van der Waals surface area (Å²) in [6, 6.07) is 5.59. The topological polar surface area (TPSA) is 86.0 Å². The first-order valence-electron chi connectivity index (χ1n) is 5.89. The molecule has 5 nitrogen and oxygen atoms in total. The molecule has 18 heavy (non-hydrogen) atoms. The van der Waals surface area contributed by atoms with Crippen molar-refractivity contribution in [2.75, 3.05) is 11.9 Å². The van der Waals surface area contributed by atoms with Gasteiger partial charge >= 0.3 is 5.97 Å². The van der Waals surface area contributed by atoms with Crippen molar-refractivity contribution >= 4 is 11.8 Å². The SMILES string of the molecule is Cc1ccc(C#N)c(NCCCC(C)C(=O)O)n1. The second-order valence-electron chi connectivity index (χ2n) is 4.27. The fourth-order valence-corrected chi connectivity index (χ4v) is 1.52. The molecule has 0 saturated carbocycles. The van der Waals surface area contributed by atoms with Crippen molar-refractivity contribution in [3.8, 4) is 6.07 Å². The van der Waals surface area contributed by atoms with Crippen molar-refractivity contribution in [3.63, 3.8) is 0 Å². The second kappa shape index (κ2) is 6.60. The van der Waals surface area contributed by atoms with Gasteiger partial charge in [0.2, 0.25) is 0 Å². The van der Waals surface area contributed by atoms with Crippen LogP contribution in [0.3, 0.4) is 0 Å². The fourth-order valence-electron chi connectivity index (χ4n) is 1.52. The average molecular weight is 247 g/mol. The predicted molar refractivity (Wildman–Crippen MR) is 68.2 cm³/mol. The van der Waals surface area contributed by atoms with Crippen molar-refractivity contribution in [1.82, 2.24) is 4.98 Å². The fraction of sp³-hybridized carbons (Fsp3) is 0.462. The molecule has 96 valence electrons. The highest BCUT2D eigenvalue weighted by Gasteiger charge is 2.10. The number of hydrogen-bond donors (Lipinski definition) is 2. The van der Waals surface area contributed by atoms with Crippen LogP contribution in [-0.2, 0) is 4.79 Å². The summed E-state index contributed by atoms with van der Waals surface area (Å²) >= 11 is 0. The van der Waals surface area contributed by atoms with Crippen molar-refractivity contribution in [2.24, 2.45) is 5.92 Å². The number of carbonyl (C=O) groups is 1. The molecule has 1 atom stereocenters. The number of pyridine rings is 1. The molecule has 5 heteroatoms. The number of nitrogens with one attached hydrogen (secondary N) is 1. The number of rotatable bonds is 6. The molecule has 1 aromatic rings. The van der Waals surface area contributed by atoms with E-state index in [0.29, 0.717) is 24.3 Å². The normalized spacial score (nSPS) is 11.6. The van der Waals surface area contributed by atoms with Gasteiger partial charge in [-0.1, -0.05) is 6.92 Å². The third kappa shape index (κ3) is 4.06. The Kier molecular flexibility index (Phi) is 5.12. The zero-order valence-electron chi connectivity index (χ0n) is 10.6. The molecule has 0 radical (unpaired) electrons. The number of carboxylic acid groups (broad SMARTS) is 1. The lowest BCUT2D eigenvalue weighted by molar-refractivity contribution is -0.141. The van der Waals surface area contributed by atoms with Gasteiger partial charge in [0.15, 0.2) is 0 Å². The highest BCUT2D eigenvalue weighted by atomic mass is 16.4. The molecular formula is C13H17N3O2. The third-order valence-corrected chi connectivity index (χ3v) is 2.68. The summed E-state index contributed by atoms with van der Waals surface area (Å²) in [6.45, 7) is 4.16. The van der Waals surface area contributed by atoms with Crippen molar-refractivity contribution < 1.29 is 9.90 Å². The highest BCUT2D eigenvalue weighted by molar-refractivity contribution is 5.69. The van der Waals surface area contributed by atoms with E-state index in [1.54, 1.807) is 19.1 Å². The number of carboxylic acids is 1. The van der Waals surface area contributed by atoms with Crippen molar-refractivity contribution in [1.29, 1.82) is 5.26 Å². The maximum atomic E-state index is 10.6. The Labute approximate surface area is 106 Å². The van der Waals surface area contributed by atoms with Crippen LogP contribution < -0.4 is 5.32 Å². The lowest BCUT2D eigenvalue weighted by Gasteiger charge is -2.09. The van der Waals surface area contributed by atoms with Crippen LogP contribution in [0.25, 0.3) is 0 Å². The molecule has 0 spiro atoms. The maximum Gasteiger partial charge on any atom is 0.306 e. The van der Waals surface area contributed by atoms with Crippen LogP contribution in [0.15, 0.2) is 12.1 Å². The molecular weight excluding hydrogens is 230 g/mol. The molecule has 0 aromatic carbocycles. The minimum absolute atomic E-state index is 0.340. The Morgan fingerprint density at radius 1 is 1.61 bits per heavy atom. The first kappa shape index (κ1) is 14.0. The Morgan fingerprint density at radius 2 is 2.33 bits per heavy atom. The second-order valence-corrected chi connectivity index (χ2v) is 4.27. The van der Waals surface area contributed by atoms with E-state index in [-0.39, 0.29) is 5.92 Å². The van der Waals surface area contributed by atoms with Gasteiger partial charge in [-0.25, -0.2) is 4.98 Å². The Morgan fingerprint density at radius 3 is 2.94 bits per heavy atom. The van der Waals surface area contributed by atoms with Gasteiger partial charge in [-0.15, -0.1) is 0 Å².